The van der Waals surface area contributed by atoms with Crippen molar-refractivity contribution in [2.45, 2.75) is 64.7 Å². The number of nitrogens with zero attached hydrogens (tertiary/aromatic N) is 1. The molecule has 0 atom stereocenters. The second-order valence-electron chi connectivity index (χ2n) is 8.03. The zero-order chi connectivity index (χ0) is 21.7. The van der Waals surface area contributed by atoms with Gasteiger partial charge in [-0.05, 0) is 30.0 Å². The summed E-state index contributed by atoms with van der Waals surface area (Å²) in [5.74, 6) is 0.610. The maximum atomic E-state index is 12.8. The lowest BCUT2D eigenvalue weighted by Crippen LogP contribution is -2.04. The number of aryl methyl sites for hydroxylation is 1. The lowest BCUT2D eigenvalue weighted by atomic mass is 10.0. The van der Waals surface area contributed by atoms with Gasteiger partial charge < -0.3 is 4.42 Å². The third-order valence-corrected chi connectivity index (χ3v) is 5.51. The van der Waals surface area contributed by atoms with Crippen LogP contribution in [0.15, 0.2) is 80.9 Å². The molecule has 2 aromatic carbocycles. The molecule has 0 fully saturated rings. The number of aliphatic imine (C=N–C) groups is 1. The molecule has 0 N–H and O–H groups in total. The van der Waals surface area contributed by atoms with Crippen LogP contribution in [0.25, 0.3) is 11.3 Å². The Hall–Kier alpha value is -2.94. The van der Waals surface area contributed by atoms with Crippen molar-refractivity contribution in [1.82, 2.24) is 0 Å². The molecule has 3 aromatic rings. The quantitative estimate of drug-likeness (QED) is 0.224. The average Bonchev–Trinajstić information content (AvgIpc) is 2.81. The van der Waals surface area contributed by atoms with Gasteiger partial charge in [0.05, 0.1) is 0 Å². The van der Waals surface area contributed by atoms with Crippen LogP contribution in [0.1, 0.15) is 69.4 Å². The van der Waals surface area contributed by atoms with Gasteiger partial charge in [-0.15, -0.1) is 0 Å². The topological polar surface area (TPSA) is 42.6 Å². The molecule has 0 saturated heterocycles. The molecular weight excluding hydrogens is 382 g/mol. The maximum Gasteiger partial charge on any atom is 0.362 e. The third kappa shape index (κ3) is 7.36. The lowest BCUT2D eigenvalue weighted by Gasteiger charge is -2.08. The van der Waals surface area contributed by atoms with E-state index in [-0.39, 0.29) is 5.63 Å². The number of benzene rings is 2. The number of unbranched alkanes of at least 4 members (excludes halogenated alkanes) is 7. The second kappa shape index (κ2) is 12.7. The molecule has 0 spiro atoms. The zero-order valence-electron chi connectivity index (χ0n) is 18.6. The molecule has 0 aliphatic carbocycles. The Morgan fingerprint density at radius 2 is 1.42 bits per heavy atom. The van der Waals surface area contributed by atoms with Gasteiger partial charge in [0, 0.05) is 11.8 Å². The van der Waals surface area contributed by atoms with Gasteiger partial charge in [0.1, 0.15) is 5.76 Å². The summed E-state index contributed by atoms with van der Waals surface area (Å²) in [6, 6.07) is 21.6. The Morgan fingerprint density at radius 3 is 2.10 bits per heavy atom. The van der Waals surface area contributed by atoms with E-state index in [9.17, 15) is 4.79 Å². The molecular formula is C28H33NO2. The van der Waals surface area contributed by atoms with Crippen molar-refractivity contribution in [3.8, 4) is 11.3 Å². The molecule has 0 unspecified atom stereocenters. The van der Waals surface area contributed by atoms with Gasteiger partial charge in [0.25, 0.3) is 0 Å². The van der Waals surface area contributed by atoms with Gasteiger partial charge >= 0.3 is 5.63 Å². The molecule has 1 heterocycles. The fourth-order valence-electron chi connectivity index (χ4n) is 3.73. The smallest absolute Gasteiger partial charge is 0.362 e. The molecule has 1 aromatic heterocycles. The average molecular weight is 416 g/mol. The van der Waals surface area contributed by atoms with Crippen LogP contribution in [-0.2, 0) is 6.42 Å². The van der Waals surface area contributed by atoms with Crippen LogP contribution in [0, 0.1) is 0 Å². The summed E-state index contributed by atoms with van der Waals surface area (Å²) in [6.45, 7) is 2.25. The molecule has 3 heteroatoms. The van der Waals surface area contributed by atoms with Gasteiger partial charge in [0.2, 0.25) is 0 Å². The zero-order valence-corrected chi connectivity index (χ0v) is 18.6. The van der Waals surface area contributed by atoms with E-state index in [1.54, 1.807) is 6.21 Å². The number of hydrogen-bond acceptors (Lipinski definition) is 3. The maximum absolute atomic E-state index is 12.8. The predicted molar refractivity (Wildman–Crippen MR) is 130 cm³/mol. The molecule has 0 aliphatic rings. The van der Waals surface area contributed by atoms with E-state index in [0.29, 0.717) is 11.4 Å². The second-order valence-corrected chi connectivity index (χ2v) is 8.03. The normalized spacial score (nSPS) is 11.3. The first-order valence-corrected chi connectivity index (χ1v) is 11.6. The van der Waals surface area contributed by atoms with Crippen LogP contribution in [0.2, 0.25) is 0 Å². The Labute approximate surface area is 185 Å². The minimum atomic E-state index is -0.372. The van der Waals surface area contributed by atoms with Crippen molar-refractivity contribution in [3.05, 3.63) is 88.3 Å². The van der Waals surface area contributed by atoms with E-state index < -0.39 is 0 Å². The predicted octanol–water partition coefficient (Wildman–Crippen LogP) is 7.74. The molecule has 31 heavy (non-hydrogen) atoms. The van der Waals surface area contributed by atoms with Crippen LogP contribution in [0.5, 0.6) is 0 Å². The summed E-state index contributed by atoms with van der Waals surface area (Å²) >= 11 is 0. The molecule has 0 saturated carbocycles. The summed E-state index contributed by atoms with van der Waals surface area (Å²) in [6.07, 6.45) is 12.6. The van der Waals surface area contributed by atoms with E-state index >= 15 is 0 Å². The van der Waals surface area contributed by atoms with E-state index in [1.165, 1.54) is 44.9 Å². The Morgan fingerprint density at radius 1 is 0.806 bits per heavy atom. The van der Waals surface area contributed by atoms with Gasteiger partial charge in [0.15, 0.2) is 5.69 Å². The van der Waals surface area contributed by atoms with Crippen molar-refractivity contribution in [2.24, 2.45) is 4.99 Å². The van der Waals surface area contributed by atoms with Gasteiger partial charge in [-0.3, -0.25) is 0 Å². The fraction of sp³-hybridized carbons (Fsp3) is 0.357. The van der Waals surface area contributed by atoms with Gasteiger partial charge in [-0.1, -0.05) is 113 Å². The Kier molecular flexibility index (Phi) is 9.31. The largest absolute Gasteiger partial charge is 0.421 e. The highest BCUT2D eigenvalue weighted by molar-refractivity contribution is 5.82. The summed E-state index contributed by atoms with van der Waals surface area (Å²) in [5, 5.41) is 0. The molecule has 0 aliphatic heterocycles. The summed E-state index contributed by atoms with van der Waals surface area (Å²) in [4.78, 5) is 17.3. The SMILES string of the molecule is CCCCCCCCCCc1cc(-c2ccccc2)oc(=O)c1N=Cc1ccccc1. The first-order chi connectivity index (χ1) is 15.3. The minimum absolute atomic E-state index is 0.372. The van der Waals surface area contributed by atoms with Crippen LogP contribution < -0.4 is 5.63 Å². The summed E-state index contributed by atoms with van der Waals surface area (Å²) in [5.41, 5.74) is 2.89. The van der Waals surface area contributed by atoms with E-state index in [1.807, 2.05) is 66.7 Å². The van der Waals surface area contributed by atoms with Gasteiger partial charge in [-0.2, -0.15) is 0 Å². The van der Waals surface area contributed by atoms with E-state index in [4.69, 9.17) is 4.42 Å². The van der Waals surface area contributed by atoms with Crippen molar-refractivity contribution in [3.63, 3.8) is 0 Å². The van der Waals surface area contributed by atoms with Crippen LogP contribution >= 0.6 is 0 Å². The molecule has 3 nitrogen and oxygen atoms in total. The standard InChI is InChI=1S/C28H33NO2/c1-2-3-4-5-6-7-8-13-20-25-21-26(24-18-14-10-15-19-24)31-28(30)27(25)29-22-23-16-11-9-12-17-23/h9-12,14-19,21-22H,2-8,13,20H2,1H3. The lowest BCUT2D eigenvalue weighted by molar-refractivity contribution is 0.523. The Bertz CT molecular complexity index is 991. The highest BCUT2D eigenvalue weighted by atomic mass is 16.4. The highest BCUT2D eigenvalue weighted by Crippen LogP contribution is 2.25. The first-order valence-electron chi connectivity index (χ1n) is 11.6. The molecule has 0 bridgehead atoms. The first kappa shape index (κ1) is 22.7. The number of rotatable bonds is 12. The molecule has 3 rings (SSSR count). The van der Waals surface area contributed by atoms with Crippen molar-refractivity contribution in [1.29, 1.82) is 0 Å². The Balaban J connectivity index is 1.74. The van der Waals surface area contributed by atoms with Crippen LogP contribution in [0.3, 0.4) is 0 Å². The molecule has 0 radical (unpaired) electrons. The number of hydrogen-bond donors (Lipinski definition) is 0. The summed E-state index contributed by atoms with van der Waals surface area (Å²) in [7, 11) is 0. The molecule has 162 valence electrons. The van der Waals surface area contributed by atoms with E-state index in [2.05, 4.69) is 11.9 Å². The highest BCUT2D eigenvalue weighted by Gasteiger charge is 2.12. The minimum Gasteiger partial charge on any atom is -0.421 e. The van der Waals surface area contributed by atoms with Crippen molar-refractivity contribution in [2.75, 3.05) is 0 Å². The van der Waals surface area contributed by atoms with Crippen LogP contribution in [0.4, 0.5) is 5.69 Å². The van der Waals surface area contributed by atoms with E-state index in [0.717, 1.165) is 29.5 Å². The molecule has 0 amide bonds. The fourth-order valence-corrected chi connectivity index (χ4v) is 3.73. The van der Waals surface area contributed by atoms with Crippen LogP contribution in [-0.4, -0.2) is 6.21 Å². The monoisotopic (exact) mass is 415 g/mol. The van der Waals surface area contributed by atoms with Crippen molar-refractivity contribution >= 4 is 11.9 Å². The van der Waals surface area contributed by atoms with Crippen molar-refractivity contribution < 1.29 is 4.42 Å². The van der Waals surface area contributed by atoms with Gasteiger partial charge in [-0.25, -0.2) is 9.79 Å². The third-order valence-electron chi connectivity index (χ3n) is 5.51. The summed E-state index contributed by atoms with van der Waals surface area (Å²) < 4.78 is 5.64.